The molecule has 1 atom stereocenters. The first-order valence-corrected chi connectivity index (χ1v) is 8.22. The molecule has 17 heavy (non-hydrogen) atoms. The predicted octanol–water partition coefficient (Wildman–Crippen LogP) is 5.73. The normalized spacial score (nSPS) is 12.9. The minimum Gasteiger partial charge on any atom is -0.305 e. The van der Waals surface area contributed by atoms with Crippen LogP contribution >= 0.6 is 61.8 Å². The fraction of sp³-hybridized carbons (Fsp3) is 0.273. The fourth-order valence-electron chi connectivity index (χ4n) is 1.46. The summed E-state index contributed by atoms with van der Waals surface area (Å²) < 4.78 is 2.65. The van der Waals surface area contributed by atoms with Gasteiger partial charge in [-0.3, -0.25) is 0 Å². The van der Waals surface area contributed by atoms with Gasteiger partial charge in [0.15, 0.2) is 0 Å². The number of halogens is 3. The highest BCUT2D eigenvalue weighted by Crippen LogP contribution is 2.35. The van der Waals surface area contributed by atoms with Gasteiger partial charge in [0.2, 0.25) is 0 Å². The van der Waals surface area contributed by atoms with Crippen molar-refractivity contribution in [1.82, 2.24) is 5.32 Å². The highest BCUT2D eigenvalue weighted by molar-refractivity contribution is 9.10. The molecule has 0 aliphatic rings. The van der Waals surface area contributed by atoms with Crippen LogP contribution in [0.25, 0.3) is 0 Å². The molecule has 0 aromatic carbocycles. The van der Waals surface area contributed by atoms with Gasteiger partial charge in [-0.1, -0.05) is 23.2 Å². The van der Waals surface area contributed by atoms with Crippen molar-refractivity contribution in [2.75, 3.05) is 0 Å². The van der Waals surface area contributed by atoms with E-state index in [4.69, 9.17) is 23.2 Å². The Morgan fingerprint density at radius 2 is 2.24 bits per heavy atom. The Bertz CT molecular complexity index is 509. The summed E-state index contributed by atoms with van der Waals surface area (Å²) in [6.07, 6.45) is 0. The number of hydrogen-bond acceptors (Lipinski definition) is 3. The summed E-state index contributed by atoms with van der Waals surface area (Å²) in [5, 5.41) is 5.51. The molecule has 1 N–H and O–H groups in total. The molecule has 2 heterocycles. The second-order valence-electron chi connectivity index (χ2n) is 3.57. The summed E-state index contributed by atoms with van der Waals surface area (Å²) in [6.45, 7) is 2.91. The van der Waals surface area contributed by atoms with Gasteiger partial charge in [-0.15, -0.1) is 22.7 Å². The lowest BCUT2D eigenvalue weighted by atomic mass is 10.2. The fourth-order valence-corrected chi connectivity index (χ4v) is 4.54. The second-order valence-corrected chi connectivity index (χ2v) is 7.71. The van der Waals surface area contributed by atoms with E-state index in [1.807, 2.05) is 6.07 Å². The van der Waals surface area contributed by atoms with Gasteiger partial charge in [-0.2, -0.15) is 0 Å². The molecular formula is C11H10BrCl2NS2. The molecule has 1 nitrogen and oxygen atoms in total. The standard InChI is InChI=1S/C11H10BrCl2NS2/c1-6(7-4-10(13)17-11(7)14)15-5-9-8(12)2-3-16-9/h2-4,6,15H,5H2,1H3. The van der Waals surface area contributed by atoms with Gasteiger partial charge in [0.1, 0.15) is 0 Å². The van der Waals surface area contributed by atoms with Crippen LogP contribution in [0.3, 0.4) is 0 Å². The maximum atomic E-state index is 6.12. The highest BCUT2D eigenvalue weighted by Gasteiger charge is 2.13. The van der Waals surface area contributed by atoms with E-state index < -0.39 is 0 Å². The Balaban J connectivity index is 2.00. The number of hydrogen-bond donors (Lipinski definition) is 1. The average molecular weight is 371 g/mol. The van der Waals surface area contributed by atoms with Gasteiger partial charge in [0.05, 0.1) is 8.67 Å². The molecule has 0 aliphatic carbocycles. The van der Waals surface area contributed by atoms with Crippen molar-refractivity contribution in [2.45, 2.75) is 19.5 Å². The Morgan fingerprint density at radius 3 is 2.76 bits per heavy atom. The first-order chi connectivity index (χ1) is 8.08. The molecule has 2 aromatic heterocycles. The van der Waals surface area contributed by atoms with Crippen molar-refractivity contribution in [1.29, 1.82) is 0 Å². The molecule has 1 unspecified atom stereocenters. The molecule has 0 radical (unpaired) electrons. The van der Waals surface area contributed by atoms with Crippen LogP contribution in [0.5, 0.6) is 0 Å². The van der Waals surface area contributed by atoms with Gasteiger partial charge in [0, 0.05) is 21.9 Å². The lowest BCUT2D eigenvalue weighted by Crippen LogP contribution is -2.17. The lowest BCUT2D eigenvalue weighted by Gasteiger charge is -2.12. The minimum absolute atomic E-state index is 0.195. The van der Waals surface area contributed by atoms with E-state index >= 15 is 0 Å². The zero-order valence-corrected chi connectivity index (χ0v) is 13.7. The quantitative estimate of drug-likeness (QED) is 0.724. The largest absolute Gasteiger partial charge is 0.305 e. The van der Waals surface area contributed by atoms with Crippen LogP contribution in [-0.2, 0) is 6.54 Å². The van der Waals surface area contributed by atoms with Crippen molar-refractivity contribution in [3.05, 3.63) is 41.1 Å². The molecule has 0 aliphatic heterocycles. The van der Waals surface area contributed by atoms with Crippen LogP contribution in [0.15, 0.2) is 22.0 Å². The predicted molar refractivity (Wildman–Crippen MR) is 81.6 cm³/mol. The molecule has 6 heteroatoms. The first-order valence-electron chi connectivity index (χ1n) is 4.98. The Kier molecular flexibility index (Phi) is 4.92. The Hall–Kier alpha value is 0.420. The van der Waals surface area contributed by atoms with E-state index in [9.17, 15) is 0 Å². The summed E-state index contributed by atoms with van der Waals surface area (Å²) in [5.74, 6) is 0. The summed E-state index contributed by atoms with van der Waals surface area (Å²) in [4.78, 5) is 1.29. The van der Waals surface area contributed by atoms with Crippen LogP contribution in [-0.4, -0.2) is 0 Å². The van der Waals surface area contributed by atoms with E-state index in [-0.39, 0.29) is 6.04 Å². The van der Waals surface area contributed by atoms with Crippen molar-refractivity contribution >= 4 is 61.8 Å². The minimum atomic E-state index is 0.195. The van der Waals surface area contributed by atoms with E-state index in [0.29, 0.717) is 0 Å². The molecule has 0 fully saturated rings. The van der Waals surface area contributed by atoms with Crippen molar-refractivity contribution in [3.8, 4) is 0 Å². The molecule has 0 saturated carbocycles. The molecule has 2 aromatic rings. The maximum Gasteiger partial charge on any atom is 0.0991 e. The second kappa shape index (κ2) is 6.04. The van der Waals surface area contributed by atoms with Gasteiger partial charge < -0.3 is 5.32 Å². The van der Waals surface area contributed by atoms with Gasteiger partial charge in [-0.25, -0.2) is 0 Å². The third kappa shape index (κ3) is 3.46. The van der Waals surface area contributed by atoms with E-state index in [0.717, 1.165) is 25.3 Å². The smallest absolute Gasteiger partial charge is 0.0991 e. The maximum absolute atomic E-state index is 6.12. The topological polar surface area (TPSA) is 12.0 Å². The molecule has 92 valence electrons. The number of nitrogens with one attached hydrogen (secondary N) is 1. The van der Waals surface area contributed by atoms with Gasteiger partial charge in [0.25, 0.3) is 0 Å². The van der Waals surface area contributed by atoms with Gasteiger partial charge >= 0.3 is 0 Å². The van der Waals surface area contributed by atoms with E-state index in [2.05, 4.69) is 39.6 Å². The molecule has 0 amide bonds. The molecule has 2 rings (SSSR count). The lowest BCUT2D eigenvalue weighted by molar-refractivity contribution is 0.580. The zero-order chi connectivity index (χ0) is 12.4. The SMILES string of the molecule is CC(NCc1sccc1Br)c1cc(Cl)sc1Cl. The molecule has 0 spiro atoms. The monoisotopic (exact) mass is 369 g/mol. The summed E-state index contributed by atoms with van der Waals surface area (Å²) in [6, 6.07) is 4.18. The number of rotatable bonds is 4. The Morgan fingerprint density at radius 1 is 1.47 bits per heavy atom. The summed E-state index contributed by atoms with van der Waals surface area (Å²) in [7, 11) is 0. The Labute approximate surface area is 127 Å². The molecule has 0 bridgehead atoms. The third-order valence-corrected chi connectivity index (χ3v) is 5.85. The number of thiophene rings is 2. The summed E-state index contributed by atoms with van der Waals surface area (Å²) in [5.41, 5.74) is 1.06. The average Bonchev–Trinajstić information content (AvgIpc) is 2.81. The first kappa shape index (κ1) is 13.8. The van der Waals surface area contributed by atoms with Crippen LogP contribution in [0, 0.1) is 0 Å². The zero-order valence-electron chi connectivity index (χ0n) is 8.97. The van der Waals surface area contributed by atoms with Gasteiger partial charge in [-0.05, 0) is 45.9 Å². The van der Waals surface area contributed by atoms with Crippen LogP contribution in [0.2, 0.25) is 8.67 Å². The van der Waals surface area contributed by atoms with Crippen molar-refractivity contribution < 1.29 is 0 Å². The van der Waals surface area contributed by atoms with Crippen LogP contribution in [0.1, 0.15) is 23.4 Å². The van der Waals surface area contributed by atoms with E-state index in [1.165, 1.54) is 16.2 Å². The summed E-state index contributed by atoms with van der Waals surface area (Å²) >= 11 is 18.7. The van der Waals surface area contributed by atoms with Crippen LogP contribution in [0.4, 0.5) is 0 Å². The molecule has 0 saturated heterocycles. The molecular weight excluding hydrogens is 361 g/mol. The van der Waals surface area contributed by atoms with Crippen molar-refractivity contribution in [2.24, 2.45) is 0 Å². The van der Waals surface area contributed by atoms with E-state index in [1.54, 1.807) is 11.3 Å². The highest BCUT2D eigenvalue weighted by atomic mass is 79.9. The van der Waals surface area contributed by atoms with Crippen LogP contribution < -0.4 is 5.32 Å². The third-order valence-electron chi connectivity index (χ3n) is 2.41. The van der Waals surface area contributed by atoms with Crippen molar-refractivity contribution in [3.63, 3.8) is 0 Å².